The topological polar surface area (TPSA) is 25.8 Å². The second kappa shape index (κ2) is 12.1. The third-order valence-corrected chi connectivity index (χ3v) is 11.1. The van der Waals surface area contributed by atoms with Crippen molar-refractivity contribution in [2.45, 2.75) is 111 Å². The van der Waals surface area contributed by atoms with E-state index in [0.29, 0.717) is 0 Å². The van der Waals surface area contributed by atoms with Gasteiger partial charge in [-0.15, -0.1) is 70.8 Å². The monoisotopic (exact) mass is 751 g/mol. The Kier molecular flexibility index (Phi) is 9.78. The predicted octanol–water partition coefficient (Wildman–Crippen LogP) is 10.7. The zero-order chi connectivity index (χ0) is 29.8. The molecule has 3 heteroatoms. The van der Waals surface area contributed by atoms with Gasteiger partial charge in [0.25, 0.3) is 0 Å². The summed E-state index contributed by atoms with van der Waals surface area (Å²) in [5.41, 5.74) is 10.8. The van der Waals surface area contributed by atoms with E-state index in [9.17, 15) is 0 Å². The number of hydrogen-bond donors (Lipinski definition) is 0. The van der Waals surface area contributed by atoms with Crippen molar-refractivity contribution in [2.75, 3.05) is 0 Å². The van der Waals surface area contributed by atoms with Gasteiger partial charge >= 0.3 is 0 Å². The number of hydrogen-bond acceptors (Lipinski definition) is 2. The number of aromatic nitrogens is 2. The number of pyridine rings is 2. The van der Waals surface area contributed by atoms with E-state index in [1.165, 1.54) is 35.1 Å². The van der Waals surface area contributed by atoms with Gasteiger partial charge in [0, 0.05) is 32.5 Å². The quantitative estimate of drug-likeness (QED) is 0.191. The fourth-order valence-corrected chi connectivity index (χ4v) is 6.80. The molecule has 43 heavy (non-hydrogen) atoms. The first-order chi connectivity index (χ1) is 19.1. The average Bonchev–Trinajstić information content (AvgIpc) is 3.06. The van der Waals surface area contributed by atoms with Crippen molar-refractivity contribution in [1.29, 1.82) is 0 Å². The summed E-state index contributed by atoms with van der Waals surface area (Å²) >= 11 is 0. The van der Waals surface area contributed by atoms with Crippen LogP contribution in [0.15, 0.2) is 73.1 Å². The molecular formula is C40H50IrN2-2. The van der Waals surface area contributed by atoms with Gasteiger partial charge in [-0.05, 0) is 68.5 Å². The summed E-state index contributed by atoms with van der Waals surface area (Å²) in [7, 11) is 0. The fourth-order valence-electron chi connectivity index (χ4n) is 6.80. The van der Waals surface area contributed by atoms with Crippen molar-refractivity contribution in [2.24, 2.45) is 5.41 Å². The minimum absolute atomic E-state index is 0. The Balaban J connectivity index is 0.000000304. The Morgan fingerprint density at radius 2 is 1.23 bits per heavy atom. The molecule has 0 spiro atoms. The molecule has 0 unspecified atom stereocenters. The maximum Gasteiger partial charge on any atom is 0.0201 e. The second-order valence-electron chi connectivity index (χ2n) is 14.9. The Morgan fingerprint density at radius 1 is 0.605 bits per heavy atom. The van der Waals surface area contributed by atoms with Crippen molar-refractivity contribution in [1.82, 2.24) is 9.97 Å². The van der Waals surface area contributed by atoms with Crippen molar-refractivity contribution in [3.8, 4) is 22.5 Å². The molecule has 0 saturated heterocycles. The Labute approximate surface area is 275 Å². The largest absolute Gasteiger partial charge is 0.305 e. The number of fused-ring (bicyclic) bond motifs is 2. The molecule has 2 aromatic carbocycles. The van der Waals surface area contributed by atoms with Crippen LogP contribution in [-0.2, 0) is 41.8 Å². The van der Waals surface area contributed by atoms with E-state index in [4.69, 9.17) is 4.98 Å². The van der Waals surface area contributed by atoms with E-state index in [1.54, 1.807) is 6.20 Å². The van der Waals surface area contributed by atoms with Crippen LogP contribution in [0.3, 0.4) is 0 Å². The van der Waals surface area contributed by atoms with Crippen LogP contribution in [0.4, 0.5) is 0 Å². The van der Waals surface area contributed by atoms with Crippen LogP contribution < -0.4 is 0 Å². The molecule has 2 aliphatic rings. The molecule has 231 valence electrons. The second-order valence-corrected chi connectivity index (χ2v) is 14.9. The molecule has 2 heterocycles. The maximum atomic E-state index is 4.94. The molecule has 2 aliphatic carbocycles. The van der Waals surface area contributed by atoms with Gasteiger partial charge < -0.3 is 9.97 Å². The first-order valence-corrected chi connectivity index (χ1v) is 15.1. The third kappa shape index (κ3) is 5.93. The molecule has 0 aliphatic heterocycles. The van der Waals surface area contributed by atoms with Gasteiger partial charge in [0.2, 0.25) is 0 Å². The normalized spacial score (nSPS) is 19.3. The van der Waals surface area contributed by atoms with Crippen LogP contribution in [0.5, 0.6) is 0 Å². The van der Waals surface area contributed by atoms with Gasteiger partial charge in [-0.3, -0.25) is 0 Å². The van der Waals surface area contributed by atoms with Crippen molar-refractivity contribution < 1.29 is 20.1 Å². The van der Waals surface area contributed by atoms with E-state index in [-0.39, 0.29) is 54.6 Å². The van der Waals surface area contributed by atoms with Crippen molar-refractivity contribution in [3.05, 3.63) is 107 Å². The minimum atomic E-state index is 0. The summed E-state index contributed by atoms with van der Waals surface area (Å²) in [6.07, 6.45) is 6.37. The summed E-state index contributed by atoms with van der Waals surface area (Å²) in [5, 5.41) is 0. The molecular weight excluding hydrogens is 701 g/mol. The van der Waals surface area contributed by atoms with Crippen molar-refractivity contribution in [3.63, 3.8) is 0 Å². The zero-order valence-electron chi connectivity index (χ0n) is 27.1. The molecule has 0 fully saturated rings. The molecule has 0 bridgehead atoms. The SMILES string of the molecule is C.CC1(C)CCC(C)(C)c2cc(-c3[c-]cc4c(c3)C(C)(C)C(C)(C)C4(C)C)ncc21.[Ir].[c-]1ccccc1-c1ccccn1. The number of benzene rings is 2. The van der Waals surface area contributed by atoms with E-state index >= 15 is 0 Å². The van der Waals surface area contributed by atoms with E-state index in [0.717, 1.165) is 22.5 Å². The van der Waals surface area contributed by atoms with Gasteiger partial charge in [0.15, 0.2) is 0 Å². The van der Waals surface area contributed by atoms with E-state index in [2.05, 4.69) is 111 Å². The van der Waals surface area contributed by atoms with Crippen LogP contribution in [0.2, 0.25) is 0 Å². The molecule has 2 aromatic heterocycles. The number of nitrogens with zero attached hydrogens (tertiary/aromatic N) is 2. The molecule has 6 rings (SSSR count). The van der Waals surface area contributed by atoms with Crippen LogP contribution in [0.1, 0.15) is 112 Å². The van der Waals surface area contributed by atoms with Gasteiger partial charge in [-0.1, -0.05) is 94.9 Å². The minimum Gasteiger partial charge on any atom is -0.305 e. The molecule has 0 atom stereocenters. The summed E-state index contributed by atoms with van der Waals surface area (Å²) in [5.74, 6) is 0. The molecule has 0 saturated carbocycles. The zero-order valence-corrected chi connectivity index (χ0v) is 29.5. The standard InChI is InChI=1S/C28H38N.C11H8N.CH4.Ir/c1-24(2)13-14-25(3,4)22-17-29-23(16-20(22)24)18-11-12-19-21(15-18)27(7,8)28(9,10)26(19,5)6;1-2-6-10(7-3-1)11-8-4-5-9-12-11;;/h12,15-17H,13-14H2,1-10H3;1-6,8-9H;1H4;/q2*-1;;. The van der Waals surface area contributed by atoms with Gasteiger partial charge in [0.05, 0.1) is 0 Å². The van der Waals surface area contributed by atoms with Crippen LogP contribution in [0.25, 0.3) is 22.5 Å². The van der Waals surface area contributed by atoms with Crippen LogP contribution >= 0.6 is 0 Å². The molecule has 0 amide bonds. The first-order valence-electron chi connectivity index (χ1n) is 15.1. The number of rotatable bonds is 2. The smallest absolute Gasteiger partial charge is 0.0201 e. The maximum absolute atomic E-state index is 4.94. The third-order valence-electron chi connectivity index (χ3n) is 11.1. The molecule has 4 aromatic rings. The summed E-state index contributed by atoms with van der Waals surface area (Å²) < 4.78 is 0. The Bertz CT molecular complexity index is 1510. The van der Waals surface area contributed by atoms with E-state index < -0.39 is 0 Å². The Hall–Kier alpha value is -2.61. The van der Waals surface area contributed by atoms with Gasteiger partial charge in [-0.2, -0.15) is 0 Å². The predicted molar refractivity (Wildman–Crippen MR) is 179 cm³/mol. The van der Waals surface area contributed by atoms with Gasteiger partial charge in [-0.25, -0.2) is 0 Å². The van der Waals surface area contributed by atoms with E-state index in [1.807, 2.05) is 42.5 Å². The summed E-state index contributed by atoms with van der Waals surface area (Å²) in [4.78, 5) is 9.16. The van der Waals surface area contributed by atoms with Crippen molar-refractivity contribution >= 4 is 0 Å². The molecule has 2 nitrogen and oxygen atoms in total. The van der Waals surface area contributed by atoms with Crippen LogP contribution in [0, 0.1) is 17.5 Å². The first kappa shape index (κ1) is 34.9. The molecule has 0 N–H and O–H groups in total. The summed E-state index contributed by atoms with van der Waals surface area (Å²) in [6, 6.07) is 27.4. The summed E-state index contributed by atoms with van der Waals surface area (Å²) in [6.45, 7) is 23.9. The van der Waals surface area contributed by atoms with Gasteiger partial charge in [0.1, 0.15) is 0 Å². The molecule has 1 radical (unpaired) electrons. The fraction of sp³-hybridized carbons (Fsp3) is 0.450. The Morgan fingerprint density at radius 3 is 1.84 bits per heavy atom. The van der Waals surface area contributed by atoms with Crippen LogP contribution in [-0.4, -0.2) is 9.97 Å². The average molecular weight is 751 g/mol.